The number of rotatable bonds is 4. The highest BCUT2D eigenvalue weighted by atomic mass is 79.9. The van der Waals surface area contributed by atoms with Crippen molar-refractivity contribution in [2.75, 3.05) is 5.32 Å². The number of hydrogen-bond acceptors (Lipinski definition) is 3. The molecule has 1 aromatic heterocycles. The van der Waals surface area contributed by atoms with E-state index < -0.39 is 0 Å². The average molecular weight is 325 g/mol. The van der Waals surface area contributed by atoms with Crippen molar-refractivity contribution >= 4 is 33.0 Å². The molecule has 0 saturated carbocycles. The minimum Gasteiger partial charge on any atom is -0.380 e. The molecule has 0 saturated heterocycles. The van der Waals surface area contributed by atoms with Crippen molar-refractivity contribution in [3.05, 3.63) is 43.8 Å². The molecule has 0 radical (unpaired) electrons. The largest absolute Gasteiger partial charge is 0.380 e. The van der Waals surface area contributed by atoms with Gasteiger partial charge in [0.25, 0.3) is 0 Å². The molecule has 4 heteroatoms. The Bertz CT molecular complexity index is 525. The molecule has 1 heterocycles. The summed E-state index contributed by atoms with van der Waals surface area (Å²) >= 11 is 5.37. The highest BCUT2D eigenvalue weighted by molar-refractivity contribution is 9.10. The Balaban J connectivity index is 2.06. The maximum Gasteiger partial charge on any atom is 0.0925 e. The van der Waals surface area contributed by atoms with Crippen molar-refractivity contribution in [1.82, 2.24) is 4.98 Å². The van der Waals surface area contributed by atoms with Crippen LogP contribution in [0.4, 0.5) is 5.69 Å². The molecule has 2 nitrogen and oxygen atoms in total. The molecule has 18 heavy (non-hydrogen) atoms. The summed E-state index contributed by atoms with van der Waals surface area (Å²) in [6, 6.07) is 4.33. The van der Waals surface area contributed by atoms with E-state index in [1.54, 1.807) is 11.3 Å². The number of halogens is 1. The summed E-state index contributed by atoms with van der Waals surface area (Å²) in [7, 11) is 0. The van der Waals surface area contributed by atoms with Gasteiger partial charge in [-0.15, -0.1) is 11.3 Å². The molecule has 0 bridgehead atoms. The van der Waals surface area contributed by atoms with E-state index >= 15 is 0 Å². The van der Waals surface area contributed by atoms with Crippen LogP contribution in [0.5, 0.6) is 0 Å². The summed E-state index contributed by atoms with van der Waals surface area (Å²) in [4.78, 5) is 5.65. The third kappa shape index (κ3) is 3.12. The minimum atomic E-state index is 0.845. The fourth-order valence-corrected chi connectivity index (χ4v) is 2.86. The zero-order valence-electron chi connectivity index (χ0n) is 10.9. The number of thiazole rings is 1. The van der Waals surface area contributed by atoms with Crippen LogP contribution in [0.25, 0.3) is 0 Å². The Kier molecular flexibility index (Phi) is 4.40. The van der Waals surface area contributed by atoms with Crippen molar-refractivity contribution in [2.45, 2.75) is 33.7 Å². The Labute approximate surface area is 121 Å². The second-order valence-electron chi connectivity index (χ2n) is 4.35. The molecule has 1 N–H and O–H groups in total. The predicted molar refractivity (Wildman–Crippen MR) is 82.4 cm³/mol. The summed E-state index contributed by atoms with van der Waals surface area (Å²) < 4.78 is 1.19. The second kappa shape index (κ2) is 5.85. The van der Waals surface area contributed by atoms with Crippen LogP contribution in [0.2, 0.25) is 0 Å². The van der Waals surface area contributed by atoms with Crippen LogP contribution in [0.1, 0.15) is 27.9 Å². The van der Waals surface area contributed by atoms with E-state index in [9.17, 15) is 0 Å². The Morgan fingerprint density at radius 3 is 2.50 bits per heavy atom. The lowest BCUT2D eigenvalue weighted by atomic mass is 10.1. The van der Waals surface area contributed by atoms with E-state index in [1.807, 2.05) is 6.20 Å². The van der Waals surface area contributed by atoms with Gasteiger partial charge in [0, 0.05) is 21.2 Å². The molecule has 96 valence electrons. The monoisotopic (exact) mass is 324 g/mol. The smallest absolute Gasteiger partial charge is 0.0925 e. The molecule has 0 unspecified atom stereocenters. The summed E-state index contributed by atoms with van der Waals surface area (Å²) in [5.74, 6) is 0. The zero-order valence-corrected chi connectivity index (χ0v) is 13.3. The first-order valence-electron chi connectivity index (χ1n) is 6.04. The van der Waals surface area contributed by atoms with Crippen LogP contribution in [-0.2, 0) is 13.0 Å². The van der Waals surface area contributed by atoms with E-state index in [4.69, 9.17) is 0 Å². The van der Waals surface area contributed by atoms with Gasteiger partial charge in [0.05, 0.1) is 11.6 Å². The van der Waals surface area contributed by atoms with Crippen LogP contribution < -0.4 is 5.32 Å². The SMILES string of the molecule is CCc1ncc(CNc2cc(C)c(Br)c(C)c2)s1. The lowest BCUT2D eigenvalue weighted by Gasteiger charge is -2.09. The summed E-state index contributed by atoms with van der Waals surface area (Å²) in [6.45, 7) is 7.21. The van der Waals surface area contributed by atoms with Crippen LogP contribution in [0.15, 0.2) is 22.8 Å². The number of aryl methyl sites for hydroxylation is 3. The highest BCUT2D eigenvalue weighted by Crippen LogP contribution is 2.25. The second-order valence-corrected chi connectivity index (χ2v) is 6.34. The van der Waals surface area contributed by atoms with Gasteiger partial charge in [-0.05, 0) is 43.5 Å². The highest BCUT2D eigenvalue weighted by Gasteiger charge is 2.03. The molecule has 2 aromatic rings. The van der Waals surface area contributed by atoms with Crippen LogP contribution in [0, 0.1) is 13.8 Å². The van der Waals surface area contributed by atoms with Gasteiger partial charge in [-0.25, -0.2) is 4.98 Å². The first kappa shape index (κ1) is 13.6. The predicted octanol–water partition coefficient (Wildman–Crippen LogP) is 4.70. The molecule has 0 aliphatic rings. The zero-order chi connectivity index (χ0) is 13.1. The lowest BCUT2D eigenvalue weighted by molar-refractivity contribution is 1.09. The van der Waals surface area contributed by atoms with Gasteiger partial charge >= 0.3 is 0 Å². The van der Waals surface area contributed by atoms with Crippen molar-refractivity contribution < 1.29 is 0 Å². The quantitative estimate of drug-likeness (QED) is 0.881. The van der Waals surface area contributed by atoms with E-state index in [0.29, 0.717) is 0 Å². The minimum absolute atomic E-state index is 0.845. The lowest BCUT2D eigenvalue weighted by Crippen LogP contribution is -1.98. The Morgan fingerprint density at radius 1 is 1.28 bits per heavy atom. The molecule has 0 aliphatic carbocycles. The van der Waals surface area contributed by atoms with Gasteiger partial charge in [0.1, 0.15) is 0 Å². The van der Waals surface area contributed by atoms with Crippen molar-refractivity contribution in [2.24, 2.45) is 0 Å². The van der Waals surface area contributed by atoms with Gasteiger partial charge < -0.3 is 5.32 Å². The first-order valence-corrected chi connectivity index (χ1v) is 7.65. The van der Waals surface area contributed by atoms with E-state index in [-0.39, 0.29) is 0 Å². The molecule has 0 fully saturated rings. The van der Waals surface area contributed by atoms with Gasteiger partial charge in [0.15, 0.2) is 0 Å². The first-order chi connectivity index (χ1) is 8.60. The molecule has 0 atom stereocenters. The van der Waals surface area contributed by atoms with Crippen LogP contribution >= 0.6 is 27.3 Å². The number of benzene rings is 1. The fourth-order valence-electron chi connectivity index (χ4n) is 1.83. The van der Waals surface area contributed by atoms with E-state index in [2.05, 4.69) is 59.1 Å². The summed E-state index contributed by atoms with van der Waals surface area (Å²) in [5.41, 5.74) is 3.69. The molecular formula is C14H17BrN2S. The van der Waals surface area contributed by atoms with Crippen molar-refractivity contribution in [3.8, 4) is 0 Å². The maximum absolute atomic E-state index is 4.37. The van der Waals surface area contributed by atoms with Gasteiger partial charge in [-0.3, -0.25) is 0 Å². The molecule has 1 aromatic carbocycles. The molecule has 0 aliphatic heterocycles. The summed E-state index contributed by atoms with van der Waals surface area (Å²) in [6.07, 6.45) is 2.98. The Hall–Kier alpha value is -0.870. The van der Waals surface area contributed by atoms with Gasteiger partial charge in [-0.2, -0.15) is 0 Å². The fraction of sp³-hybridized carbons (Fsp3) is 0.357. The molecule has 0 amide bonds. The number of hydrogen-bond donors (Lipinski definition) is 1. The topological polar surface area (TPSA) is 24.9 Å². The molecule has 2 rings (SSSR count). The van der Waals surface area contributed by atoms with E-state index in [0.717, 1.165) is 13.0 Å². The normalized spacial score (nSPS) is 10.7. The molecular weight excluding hydrogens is 308 g/mol. The number of aromatic nitrogens is 1. The molecule has 0 spiro atoms. The van der Waals surface area contributed by atoms with Crippen molar-refractivity contribution in [1.29, 1.82) is 0 Å². The van der Waals surface area contributed by atoms with E-state index in [1.165, 1.54) is 31.2 Å². The third-order valence-corrected chi connectivity index (χ3v) is 5.20. The van der Waals surface area contributed by atoms with Crippen molar-refractivity contribution in [3.63, 3.8) is 0 Å². The van der Waals surface area contributed by atoms with Crippen LogP contribution in [-0.4, -0.2) is 4.98 Å². The Morgan fingerprint density at radius 2 is 1.94 bits per heavy atom. The third-order valence-electron chi connectivity index (χ3n) is 2.81. The number of anilines is 1. The standard InChI is InChI=1S/C14H17BrN2S/c1-4-13-17-8-12(18-13)7-16-11-5-9(2)14(15)10(3)6-11/h5-6,8,16H,4,7H2,1-3H3. The van der Waals surface area contributed by atoms with Gasteiger partial charge in [0.2, 0.25) is 0 Å². The van der Waals surface area contributed by atoms with Gasteiger partial charge in [-0.1, -0.05) is 22.9 Å². The number of nitrogens with one attached hydrogen (secondary N) is 1. The number of nitrogens with zero attached hydrogens (tertiary/aromatic N) is 1. The average Bonchev–Trinajstić information content (AvgIpc) is 2.81. The maximum atomic E-state index is 4.37. The summed E-state index contributed by atoms with van der Waals surface area (Å²) in [5, 5.41) is 4.66. The van der Waals surface area contributed by atoms with Crippen LogP contribution in [0.3, 0.4) is 0 Å².